The molecule has 2 aromatic rings. The summed E-state index contributed by atoms with van der Waals surface area (Å²) >= 11 is 1.40. The predicted octanol–water partition coefficient (Wildman–Crippen LogP) is 1.83. The van der Waals surface area contributed by atoms with E-state index in [0.717, 1.165) is 31.5 Å². The van der Waals surface area contributed by atoms with Gasteiger partial charge in [0, 0.05) is 19.6 Å². The molecule has 2 heterocycles. The summed E-state index contributed by atoms with van der Waals surface area (Å²) in [6.07, 6.45) is 4.51. The zero-order chi connectivity index (χ0) is 19.9. The molecule has 1 aromatic heterocycles. The molecule has 0 bridgehead atoms. The van der Waals surface area contributed by atoms with Crippen molar-refractivity contribution < 1.29 is 9.59 Å². The van der Waals surface area contributed by atoms with E-state index in [1.807, 2.05) is 27.7 Å². The van der Waals surface area contributed by atoms with E-state index in [1.54, 1.807) is 6.33 Å². The molecule has 150 valence electrons. The second-order valence-corrected chi connectivity index (χ2v) is 7.79. The van der Waals surface area contributed by atoms with Crippen LogP contribution in [0.3, 0.4) is 0 Å². The van der Waals surface area contributed by atoms with Crippen LogP contribution < -0.4 is 11.1 Å². The van der Waals surface area contributed by atoms with Crippen molar-refractivity contribution in [3.63, 3.8) is 0 Å². The number of piperidine rings is 1. The van der Waals surface area contributed by atoms with Crippen molar-refractivity contribution in [1.29, 1.82) is 0 Å². The molecule has 3 amide bonds. The highest BCUT2D eigenvalue weighted by molar-refractivity contribution is 7.99. The number of nitrogens with one attached hydrogen (secondary N) is 1. The average Bonchev–Trinajstić information content (AvgIpc) is 3.19. The number of aromatic nitrogens is 3. The first kappa shape index (κ1) is 20.2. The number of hydrogen-bond donors (Lipinski definition) is 2. The van der Waals surface area contributed by atoms with Crippen LogP contribution in [0.4, 0.5) is 4.79 Å². The number of primary amides is 1. The van der Waals surface area contributed by atoms with Gasteiger partial charge in [-0.15, -0.1) is 10.2 Å². The highest BCUT2D eigenvalue weighted by Crippen LogP contribution is 2.24. The molecular weight excluding hydrogens is 376 g/mol. The summed E-state index contributed by atoms with van der Waals surface area (Å²) in [6.45, 7) is 4.01. The number of nitrogens with zero attached hydrogens (tertiary/aromatic N) is 4. The minimum absolute atomic E-state index is 0.0760. The maximum atomic E-state index is 12.7. The number of hydrogen-bond acceptors (Lipinski definition) is 5. The van der Waals surface area contributed by atoms with E-state index in [2.05, 4.69) is 28.5 Å². The Kier molecular flexibility index (Phi) is 6.91. The molecule has 0 aliphatic carbocycles. The fraction of sp³-hybridized carbons (Fsp3) is 0.474. The van der Waals surface area contributed by atoms with Gasteiger partial charge in [-0.25, -0.2) is 4.79 Å². The molecule has 0 radical (unpaired) electrons. The Hall–Kier alpha value is -2.55. The van der Waals surface area contributed by atoms with E-state index in [1.165, 1.54) is 17.3 Å². The van der Waals surface area contributed by atoms with Gasteiger partial charge in [-0.05, 0) is 36.8 Å². The third-order valence-electron chi connectivity index (χ3n) is 4.91. The van der Waals surface area contributed by atoms with Crippen molar-refractivity contribution in [2.45, 2.75) is 31.3 Å². The lowest BCUT2D eigenvalue weighted by Gasteiger charge is -2.32. The van der Waals surface area contributed by atoms with Crippen LogP contribution >= 0.6 is 11.8 Å². The van der Waals surface area contributed by atoms with E-state index in [4.69, 9.17) is 5.73 Å². The first-order valence-electron chi connectivity index (χ1n) is 9.50. The molecular formula is C19H26N6O2S. The summed E-state index contributed by atoms with van der Waals surface area (Å²) in [6, 6.07) is 7.61. The van der Waals surface area contributed by atoms with E-state index in [0.29, 0.717) is 24.0 Å². The van der Waals surface area contributed by atoms with E-state index >= 15 is 0 Å². The van der Waals surface area contributed by atoms with Crippen molar-refractivity contribution in [1.82, 2.24) is 25.0 Å². The molecule has 1 aliphatic heterocycles. The lowest BCUT2D eigenvalue weighted by molar-refractivity contribution is -0.130. The molecule has 1 atom stereocenters. The molecule has 3 rings (SSSR count). The number of benzene rings is 1. The normalized spacial score (nSPS) is 16.8. The lowest BCUT2D eigenvalue weighted by Crippen LogP contribution is -2.45. The van der Waals surface area contributed by atoms with Gasteiger partial charge in [-0.1, -0.05) is 36.9 Å². The fourth-order valence-corrected chi connectivity index (χ4v) is 4.28. The summed E-state index contributed by atoms with van der Waals surface area (Å²) in [5.41, 5.74) is 7.39. The summed E-state index contributed by atoms with van der Waals surface area (Å²) in [5, 5.41) is 11.6. The van der Waals surface area contributed by atoms with Gasteiger partial charge in [0.1, 0.15) is 6.33 Å². The van der Waals surface area contributed by atoms with Crippen LogP contribution in [0, 0.1) is 5.92 Å². The SMILES string of the molecule is CCc1ccccc1-n1cnnc1SCC(=O)N1CCCC(CNC(N)=O)C1. The molecule has 0 spiro atoms. The van der Waals surface area contributed by atoms with Gasteiger partial charge in [-0.2, -0.15) is 0 Å². The van der Waals surface area contributed by atoms with Gasteiger partial charge >= 0.3 is 6.03 Å². The molecule has 8 nitrogen and oxygen atoms in total. The quantitative estimate of drug-likeness (QED) is 0.687. The third kappa shape index (κ3) is 5.03. The molecule has 1 aliphatic rings. The van der Waals surface area contributed by atoms with Gasteiger partial charge in [-0.3, -0.25) is 9.36 Å². The van der Waals surface area contributed by atoms with Crippen molar-refractivity contribution in [2.24, 2.45) is 11.7 Å². The molecule has 3 N–H and O–H groups in total. The molecule has 1 saturated heterocycles. The fourth-order valence-electron chi connectivity index (χ4n) is 3.45. The minimum Gasteiger partial charge on any atom is -0.352 e. The molecule has 1 unspecified atom stereocenters. The average molecular weight is 403 g/mol. The van der Waals surface area contributed by atoms with Crippen molar-refractivity contribution in [2.75, 3.05) is 25.4 Å². The Labute approximate surface area is 168 Å². The Balaban J connectivity index is 1.60. The van der Waals surface area contributed by atoms with Crippen molar-refractivity contribution >= 4 is 23.7 Å². The van der Waals surface area contributed by atoms with Crippen LogP contribution in [0.15, 0.2) is 35.7 Å². The van der Waals surface area contributed by atoms with Gasteiger partial charge in [0.15, 0.2) is 5.16 Å². The van der Waals surface area contributed by atoms with Crippen LogP contribution in [0.2, 0.25) is 0 Å². The largest absolute Gasteiger partial charge is 0.352 e. The van der Waals surface area contributed by atoms with Crippen LogP contribution in [-0.2, 0) is 11.2 Å². The maximum Gasteiger partial charge on any atom is 0.312 e. The van der Waals surface area contributed by atoms with E-state index in [9.17, 15) is 9.59 Å². The van der Waals surface area contributed by atoms with Crippen molar-refractivity contribution in [3.8, 4) is 5.69 Å². The molecule has 1 aromatic carbocycles. The number of amides is 3. The number of urea groups is 1. The first-order valence-corrected chi connectivity index (χ1v) is 10.5. The monoisotopic (exact) mass is 402 g/mol. The Morgan fingerprint density at radius 2 is 2.18 bits per heavy atom. The number of para-hydroxylation sites is 1. The number of nitrogens with two attached hydrogens (primary N) is 1. The number of carbonyl (C=O) groups is 2. The second-order valence-electron chi connectivity index (χ2n) is 6.85. The van der Waals surface area contributed by atoms with Gasteiger partial charge in [0.05, 0.1) is 11.4 Å². The van der Waals surface area contributed by atoms with Gasteiger partial charge in [0.25, 0.3) is 0 Å². The van der Waals surface area contributed by atoms with Gasteiger partial charge in [0.2, 0.25) is 5.91 Å². The van der Waals surface area contributed by atoms with Crippen LogP contribution in [-0.4, -0.2) is 57.0 Å². The summed E-state index contributed by atoms with van der Waals surface area (Å²) in [7, 11) is 0. The zero-order valence-electron chi connectivity index (χ0n) is 16.0. The maximum absolute atomic E-state index is 12.7. The summed E-state index contributed by atoms with van der Waals surface area (Å²) in [4.78, 5) is 25.4. The molecule has 1 fully saturated rings. The topological polar surface area (TPSA) is 106 Å². The Morgan fingerprint density at radius 1 is 1.36 bits per heavy atom. The predicted molar refractivity (Wildman–Crippen MR) is 108 cm³/mol. The van der Waals surface area contributed by atoms with Gasteiger partial charge < -0.3 is 16.0 Å². The van der Waals surface area contributed by atoms with E-state index < -0.39 is 6.03 Å². The lowest BCUT2D eigenvalue weighted by atomic mass is 9.98. The Morgan fingerprint density at radius 3 is 2.96 bits per heavy atom. The zero-order valence-corrected chi connectivity index (χ0v) is 16.8. The highest BCUT2D eigenvalue weighted by Gasteiger charge is 2.24. The third-order valence-corrected chi connectivity index (χ3v) is 5.84. The van der Waals surface area contributed by atoms with Crippen LogP contribution in [0.5, 0.6) is 0 Å². The molecule has 0 saturated carbocycles. The van der Waals surface area contributed by atoms with Crippen molar-refractivity contribution in [3.05, 3.63) is 36.2 Å². The number of rotatable bonds is 7. The standard InChI is InChI=1S/C19H26N6O2S/c1-2-15-7-3-4-8-16(15)25-13-22-23-19(25)28-12-17(26)24-9-5-6-14(11-24)10-21-18(20)27/h3-4,7-8,13-14H,2,5-6,9-12H2,1H3,(H3,20,21,27). The smallest absolute Gasteiger partial charge is 0.312 e. The minimum atomic E-state index is -0.522. The molecule has 9 heteroatoms. The summed E-state index contributed by atoms with van der Waals surface area (Å²) in [5.74, 6) is 0.630. The number of aryl methyl sites for hydroxylation is 1. The molecule has 28 heavy (non-hydrogen) atoms. The van der Waals surface area contributed by atoms with Crippen LogP contribution in [0.1, 0.15) is 25.3 Å². The number of carbonyl (C=O) groups excluding carboxylic acids is 2. The first-order chi connectivity index (χ1) is 13.6. The van der Waals surface area contributed by atoms with E-state index in [-0.39, 0.29) is 11.8 Å². The highest BCUT2D eigenvalue weighted by atomic mass is 32.2. The number of likely N-dealkylation sites (tertiary alicyclic amines) is 1. The summed E-state index contributed by atoms with van der Waals surface area (Å²) < 4.78 is 1.94. The van der Waals surface area contributed by atoms with Crippen LogP contribution in [0.25, 0.3) is 5.69 Å². The number of thioether (sulfide) groups is 1. The Bertz CT molecular complexity index is 824. The second kappa shape index (κ2) is 9.59.